The Morgan fingerprint density at radius 2 is 1.00 bits per heavy atom. The SMILES string of the molecule is c1ccc([Si](Cc2cccc(-n3c4ccccc4c4ccccc43)c2)(c2ccccc2)c2cccc3c2sc2ccccc23)cc1. The van der Waals surface area contributed by atoms with Crippen molar-refractivity contribution < 1.29 is 0 Å². The number of fused-ring (bicyclic) bond motifs is 6. The molecule has 9 aromatic rings. The highest BCUT2D eigenvalue weighted by Crippen LogP contribution is 2.35. The van der Waals surface area contributed by atoms with Crippen molar-refractivity contribution >= 4 is 76.9 Å². The van der Waals surface area contributed by atoms with E-state index in [4.69, 9.17) is 0 Å². The number of hydrogen-bond donors (Lipinski definition) is 0. The number of nitrogens with zero attached hydrogens (tertiary/aromatic N) is 1. The van der Waals surface area contributed by atoms with Gasteiger partial charge in [0.2, 0.25) is 0 Å². The zero-order chi connectivity index (χ0) is 30.5. The van der Waals surface area contributed by atoms with Crippen LogP contribution < -0.4 is 15.6 Å². The second-order valence-corrected chi connectivity index (χ2v) is 17.0. The van der Waals surface area contributed by atoms with Crippen molar-refractivity contribution in [3.8, 4) is 5.69 Å². The van der Waals surface area contributed by atoms with E-state index in [1.807, 2.05) is 11.3 Å². The van der Waals surface area contributed by atoms with Crippen LogP contribution in [0.4, 0.5) is 0 Å². The summed E-state index contributed by atoms with van der Waals surface area (Å²) in [6.45, 7) is 0. The minimum atomic E-state index is -2.61. The molecule has 0 saturated heterocycles. The minimum absolute atomic E-state index is 0.958. The molecule has 218 valence electrons. The normalized spacial score (nSPS) is 12.0. The van der Waals surface area contributed by atoms with Gasteiger partial charge in [0.1, 0.15) is 0 Å². The van der Waals surface area contributed by atoms with Gasteiger partial charge in [-0.25, -0.2) is 0 Å². The van der Waals surface area contributed by atoms with Crippen LogP contribution in [0.1, 0.15) is 5.56 Å². The maximum atomic E-state index is 2.44. The zero-order valence-corrected chi connectivity index (χ0v) is 27.1. The molecule has 0 atom stereocenters. The van der Waals surface area contributed by atoms with Crippen LogP contribution >= 0.6 is 11.3 Å². The molecule has 3 heteroatoms. The van der Waals surface area contributed by atoms with E-state index < -0.39 is 8.07 Å². The summed E-state index contributed by atoms with van der Waals surface area (Å²) in [7, 11) is -2.61. The number of para-hydroxylation sites is 2. The second-order valence-electron chi connectivity index (χ2n) is 12.1. The van der Waals surface area contributed by atoms with Gasteiger partial charge in [-0.15, -0.1) is 11.3 Å². The first-order chi connectivity index (χ1) is 22.8. The maximum absolute atomic E-state index is 2.61. The van der Waals surface area contributed by atoms with Crippen molar-refractivity contribution in [2.24, 2.45) is 0 Å². The van der Waals surface area contributed by atoms with Gasteiger partial charge in [-0.05, 0) is 57.5 Å². The number of thiophene rings is 1. The van der Waals surface area contributed by atoms with Crippen LogP contribution in [0.25, 0.3) is 47.7 Å². The van der Waals surface area contributed by atoms with Crippen LogP contribution in [0, 0.1) is 0 Å². The van der Waals surface area contributed by atoms with E-state index in [1.165, 1.54) is 68.8 Å². The molecular formula is C43H31NSSi. The van der Waals surface area contributed by atoms with Crippen LogP contribution in [0.5, 0.6) is 0 Å². The summed E-state index contributed by atoms with van der Waals surface area (Å²) in [6, 6.07) is 66.4. The van der Waals surface area contributed by atoms with Crippen LogP contribution in [0.2, 0.25) is 0 Å². The molecule has 0 aliphatic rings. The van der Waals surface area contributed by atoms with Crippen molar-refractivity contribution in [1.29, 1.82) is 0 Å². The van der Waals surface area contributed by atoms with Crippen LogP contribution in [-0.4, -0.2) is 12.6 Å². The summed E-state index contributed by atoms with van der Waals surface area (Å²) >= 11 is 1.95. The van der Waals surface area contributed by atoms with Gasteiger partial charge in [0.25, 0.3) is 0 Å². The zero-order valence-electron chi connectivity index (χ0n) is 25.3. The van der Waals surface area contributed by atoms with Gasteiger partial charge in [0, 0.05) is 36.6 Å². The lowest BCUT2D eigenvalue weighted by molar-refractivity contribution is 1.16. The fourth-order valence-electron chi connectivity index (χ4n) is 7.62. The Labute approximate surface area is 273 Å². The Bertz CT molecular complexity index is 2420. The predicted molar refractivity (Wildman–Crippen MR) is 201 cm³/mol. The molecule has 0 spiro atoms. The van der Waals surface area contributed by atoms with Crippen molar-refractivity contribution in [3.63, 3.8) is 0 Å². The van der Waals surface area contributed by atoms with Crippen molar-refractivity contribution in [2.45, 2.75) is 6.04 Å². The largest absolute Gasteiger partial charge is 0.309 e. The Balaban J connectivity index is 1.32. The summed E-state index contributed by atoms with van der Waals surface area (Å²) in [6.07, 6.45) is 0. The standard InChI is InChI=1S/C43H31NSSi/c1-3-17-33(18-4-1)46(34-19-5-2-6-20-34,42-28-14-24-38-37-23-9-12-27-41(37)45-43(38)42)30-31-15-13-16-32(29-31)44-39-25-10-7-21-35(39)36-22-8-11-26-40(36)44/h1-29H,30H2. The first-order valence-electron chi connectivity index (χ1n) is 15.9. The Hall–Kier alpha value is -5.22. The molecule has 0 fully saturated rings. The topological polar surface area (TPSA) is 4.93 Å². The molecule has 0 aliphatic heterocycles. The van der Waals surface area contributed by atoms with Crippen LogP contribution in [0.3, 0.4) is 0 Å². The van der Waals surface area contributed by atoms with Gasteiger partial charge in [0.05, 0.1) is 11.0 Å². The molecule has 0 N–H and O–H groups in total. The number of benzene rings is 7. The van der Waals surface area contributed by atoms with E-state index in [2.05, 4.69) is 180 Å². The monoisotopic (exact) mass is 621 g/mol. The predicted octanol–water partition coefficient (Wildman–Crippen LogP) is 9.40. The third kappa shape index (κ3) is 4.20. The third-order valence-corrected chi connectivity index (χ3v) is 15.9. The molecule has 9 rings (SSSR count). The molecule has 2 aromatic heterocycles. The van der Waals surface area contributed by atoms with Gasteiger partial charge in [-0.3, -0.25) is 0 Å². The van der Waals surface area contributed by atoms with Gasteiger partial charge < -0.3 is 4.57 Å². The summed E-state index contributed by atoms with van der Waals surface area (Å²) in [4.78, 5) is 0. The highest BCUT2D eigenvalue weighted by molar-refractivity contribution is 7.29. The quantitative estimate of drug-likeness (QED) is 0.129. The summed E-state index contributed by atoms with van der Waals surface area (Å²) in [5.41, 5.74) is 5.05. The molecule has 0 amide bonds. The molecule has 0 saturated carbocycles. The van der Waals surface area contributed by atoms with E-state index in [0.717, 1.165) is 6.04 Å². The highest BCUT2D eigenvalue weighted by atomic mass is 32.1. The maximum Gasteiger partial charge on any atom is 0.154 e. The molecule has 2 heterocycles. The lowest BCUT2D eigenvalue weighted by atomic mass is 10.1. The smallest absolute Gasteiger partial charge is 0.154 e. The molecule has 1 nitrogen and oxygen atoms in total. The van der Waals surface area contributed by atoms with Crippen molar-refractivity contribution in [3.05, 3.63) is 181 Å². The lowest BCUT2D eigenvalue weighted by Crippen LogP contribution is -2.69. The summed E-state index contributed by atoms with van der Waals surface area (Å²) in [5, 5.41) is 9.66. The first kappa shape index (κ1) is 27.1. The van der Waals surface area contributed by atoms with E-state index in [1.54, 1.807) is 0 Å². The fraction of sp³-hybridized carbons (Fsp3) is 0.0233. The molecule has 7 aromatic carbocycles. The van der Waals surface area contributed by atoms with E-state index in [-0.39, 0.29) is 0 Å². The van der Waals surface area contributed by atoms with Gasteiger partial charge in [0.15, 0.2) is 8.07 Å². The third-order valence-electron chi connectivity index (χ3n) is 9.62. The van der Waals surface area contributed by atoms with Crippen molar-refractivity contribution in [2.75, 3.05) is 0 Å². The van der Waals surface area contributed by atoms with Crippen LogP contribution in [0.15, 0.2) is 176 Å². The summed E-state index contributed by atoms with van der Waals surface area (Å²) < 4.78 is 5.21. The molecule has 46 heavy (non-hydrogen) atoms. The highest BCUT2D eigenvalue weighted by Gasteiger charge is 2.41. The molecule has 0 radical (unpaired) electrons. The van der Waals surface area contributed by atoms with Crippen LogP contribution in [-0.2, 0) is 6.04 Å². The number of rotatable bonds is 6. The average molecular weight is 622 g/mol. The molecule has 0 unspecified atom stereocenters. The van der Waals surface area contributed by atoms with Gasteiger partial charge >= 0.3 is 0 Å². The first-order valence-corrected chi connectivity index (χ1v) is 18.9. The molecule has 0 bridgehead atoms. The Morgan fingerprint density at radius 1 is 0.457 bits per heavy atom. The summed E-state index contributed by atoms with van der Waals surface area (Å²) in [5.74, 6) is 0. The average Bonchev–Trinajstić information content (AvgIpc) is 3.68. The lowest BCUT2D eigenvalue weighted by Gasteiger charge is -2.34. The molecule has 0 aliphatic carbocycles. The fourth-order valence-corrected chi connectivity index (χ4v) is 14.2. The minimum Gasteiger partial charge on any atom is -0.309 e. The number of hydrogen-bond acceptors (Lipinski definition) is 1. The van der Waals surface area contributed by atoms with Gasteiger partial charge in [-0.2, -0.15) is 0 Å². The Kier molecular flexibility index (Phi) is 6.48. The second kappa shape index (κ2) is 11.0. The number of aromatic nitrogens is 1. The van der Waals surface area contributed by atoms with Gasteiger partial charge in [-0.1, -0.05) is 146 Å². The molecular weight excluding hydrogens is 591 g/mol. The van der Waals surface area contributed by atoms with E-state index >= 15 is 0 Å². The van der Waals surface area contributed by atoms with Crippen molar-refractivity contribution in [1.82, 2.24) is 4.57 Å². The van der Waals surface area contributed by atoms with E-state index in [0.29, 0.717) is 0 Å². The van der Waals surface area contributed by atoms with E-state index in [9.17, 15) is 0 Å². The Morgan fingerprint density at radius 3 is 1.67 bits per heavy atom.